The molecular formula is C25H24N4O2. The molecule has 1 aliphatic rings. The number of urea groups is 1. The van der Waals surface area contributed by atoms with E-state index in [9.17, 15) is 4.79 Å². The Morgan fingerprint density at radius 1 is 0.903 bits per heavy atom. The van der Waals surface area contributed by atoms with Crippen molar-refractivity contribution in [3.8, 4) is 17.6 Å². The smallest absolute Gasteiger partial charge is 0.322 e. The molecule has 0 saturated carbocycles. The molecule has 1 aliphatic heterocycles. The predicted molar refractivity (Wildman–Crippen MR) is 120 cm³/mol. The number of hydrogen-bond acceptors (Lipinski definition) is 4. The number of carbonyl (C=O) groups excluding carboxylic acids is 1. The number of anilines is 1. The van der Waals surface area contributed by atoms with E-state index in [4.69, 9.17) is 10.00 Å². The summed E-state index contributed by atoms with van der Waals surface area (Å²) in [6.45, 7) is 3.73. The Morgan fingerprint density at radius 2 is 1.58 bits per heavy atom. The van der Waals surface area contributed by atoms with Gasteiger partial charge in [-0.05, 0) is 42.0 Å². The standard InChI is InChI=1S/C25H24N4O2/c26-18-20-10-12-21(13-11-20)19-28-14-16-29(17-15-28)25(30)27-23-8-4-5-9-24(23)31-22-6-2-1-3-7-22/h1-13H,14-17,19H2,(H,27,30). The van der Waals surface area contributed by atoms with Crippen LogP contribution in [0.25, 0.3) is 0 Å². The number of hydrogen-bond donors (Lipinski definition) is 1. The van der Waals surface area contributed by atoms with E-state index in [0.717, 1.165) is 25.4 Å². The van der Waals surface area contributed by atoms with Crippen molar-refractivity contribution < 1.29 is 9.53 Å². The molecule has 0 atom stereocenters. The van der Waals surface area contributed by atoms with Crippen LogP contribution in [-0.2, 0) is 6.54 Å². The number of amides is 2. The molecule has 4 rings (SSSR count). The molecule has 1 fully saturated rings. The third-order valence-corrected chi connectivity index (χ3v) is 5.25. The fourth-order valence-electron chi connectivity index (χ4n) is 3.52. The van der Waals surface area contributed by atoms with Crippen molar-refractivity contribution in [2.75, 3.05) is 31.5 Å². The lowest BCUT2D eigenvalue weighted by atomic mass is 10.1. The van der Waals surface area contributed by atoms with Crippen LogP contribution in [0, 0.1) is 11.3 Å². The Bertz CT molecular complexity index is 1050. The van der Waals surface area contributed by atoms with Gasteiger partial charge in [0.25, 0.3) is 0 Å². The van der Waals surface area contributed by atoms with Gasteiger partial charge in [0, 0.05) is 32.7 Å². The molecule has 0 radical (unpaired) electrons. The van der Waals surface area contributed by atoms with E-state index < -0.39 is 0 Å². The minimum atomic E-state index is -0.123. The zero-order valence-corrected chi connectivity index (χ0v) is 17.2. The van der Waals surface area contributed by atoms with Gasteiger partial charge in [-0.2, -0.15) is 5.26 Å². The molecule has 6 nitrogen and oxygen atoms in total. The maximum Gasteiger partial charge on any atom is 0.322 e. The van der Waals surface area contributed by atoms with Crippen LogP contribution >= 0.6 is 0 Å². The van der Waals surface area contributed by atoms with Crippen LogP contribution in [0.5, 0.6) is 11.5 Å². The molecule has 0 aromatic heterocycles. The highest BCUT2D eigenvalue weighted by atomic mass is 16.5. The van der Waals surface area contributed by atoms with Gasteiger partial charge in [0.2, 0.25) is 0 Å². The summed E-state index contributed by atoms with van der Waals surface area (Å²) in [5.41, 5.74) is 2.49. The third-order valence-electron chi connectivity index (χ3n) is 5.25. The summed E-state index contributed by atoms with van der Waals surface area (Å²) in [5, 5.41) is 11.9. The van der Waals surface area contributed by atoms with Gasteiger partial charge in [-0.25, -0.2) is 4.79 Å². The molecule has 0 bridgehead atoms. The lowest BCUT2D eigenvalue weighted by Gasteiger charge is -2.34. The van der Waals surface area contributed by atoms with E-state index in [1.54, 1.807) is 0 Å². The normalized spacial score (nSPS) is 14.0. The number of nitrogens with one attached hydrogen (secondary N) is 1. The van der Waals surface area contributed by atoms with Gasteiger partial charge in [0.15, 0.2) is 5.75 Å². The molecular weight excluding hydrogens is 388 g/mol. The highest BCUT2D eigenvalue weighted by molar-refractivity contribution is 5.91. The lowest BCUT2D eigenvalue weighted by molar-refractivity contribution is 0.143. The van der Waals surface area contributed by atoms with Crippen molar-refractivity contribution in [3.05, 3.63) is 90.0 Å². The number of para-hydroxylation sites is 3. The molecule has 0 spiro atoms. The fraction of sp³-hybridized carbons (Fsp3) is 0.200. The zero-order valence-electron chi connectivity index (χ0n) is 17.2. The van der Waals surface area contributed by atoms with Gasteiger partial charge < -0.3 is 15.0 Å². The Morgan fingerprint density at radius 3 is 2.29 bits per heavy atom. The van der Waals surface area contributed by atoms with E-state index in [0.29, 0.717) is 30.1 Å². The first-order chi connectivity index (χ1) is 15.2. The quantitative estimate of drug-likeness (QED) is 0.660. The molecule has 1 saturated heterocycles. The number of nitrogens with zero attached hydrogens (tertiary/aromatic N) is 3. The van der Waals surface area contributed by atoms with E-state index >= 15 is 0 Å². The highest BCUT2D eigenvalue weighted by Gasteiger charge is 2.22. The van der Waals surface area contributed by atoms with Gasteiger partial charge >= 0.3 is 6.03 Å². The Labute approximate surface area is 182 Å². The molecule has 1 N–H and O–H groups in total. The molecule has 0 unspecified atom stereocenters. The van der Waals surface area contributed by atoms with Crippen LogP contribution in [0.1, 0.15) is 11.1 Å². The maximum absolute atomic E-state index is 12.8. The van der Waals surface area contributed by atoms with Crippen LogP contribution in [0.3, 0.4) is 0 Å². The van der Waals surface area contributed by atoms with Gasteiger partial charge in [0.05, 0.1) is 17.3 Å². The highest BCUT2D eigenvalue weighted by Crippen LogP contribution is 2.29. The average Bonchev–Trinajstić information content (AvgIpc) is 2.82. The number of nitriles is 1. The minimum Gasteiger partial charge on any atom is -0.455 e. The van der Waals surface area contributed by atoms with Crippen LogP contribution in [0.2, 0.25) is 0 Å². The first-order valence-electron chi connectivity index (χ1n) is 10.3. The summed E-state index contributed by atoms with van der Waals surface area (Å²) in [6.07, 6.45) is 0. The van der Waals surface area contributed by atoms with Gasteiger partial charge in [-0.3, -0.25) is 4.90 Å². The first kappa shape index (κ1) is 20.5. The number of ether oxygens (including phenoxy) is 1. The van der Waals surface area contributed by atoms with Crippen molar-refractivity contribution >= 4 is 11.7 Å². The van der Waals surface area contributed by atoms with Crippen molar-refractivity contribution in [3.63, 3.8) is 0 Å². The molecule has 1 heterocycles. The zero-order chi connectivity index (χ0) is 21.5. The molecule has 6 heteroatoms. The molecule has 3 aromatic rings. The average molecular weight is 412 g/mol. The molecule has 2 amide bonds. The Kier molecular flexibility index (Phi) is 6.46. The topological polar surface area (TPSA) is 68.6 Å². The second-order valence-corrected chi connectivity index (χ2v) is 7.41. The number of benzene rings is 3. The van der Waals surface area contributed by atoms with Crippen LogP contribution in [-0.4, -0.2) is 42.0 Å². The molecule has 0 aliphatic carbocycles. The molecule has 156 valence electrons. The maximum atomic E-state index is 12.8. The van der Waals surface area contributed by atoms with Crippen LogP contribution in [0.4, 0.5) is 10.5 Å². The number of piperazine rings is 1. The lowest BCUT2D eigenvalue weighted by Crippen LogP contribution is -2.49. The monoisotopic (exact) mass is 412 g/mol. The van der Waals surface area contributed by atoms with Gasteiger partial charge in [-0.15, -0.1) is 0 Å². The summed E-state index contributed by atoms with van der Waals surface area (Å²) < 4.78 is 5.94. The first-order valence-corrected chi connectivity index (χ1v) is 10.3. The van der Waals surface area contributed by atoms with Gasteiger partial charge in [-0.1, -0.05) is 42.5 Å². The van der Waals surface area contributed by atoms with Crippen molar-refractivity contribution in [1.82, 2.24) is 9.80 Å². The Hall–Kier alpha value is -3.82. The van der Waals surface area contributed by atoms with E-state index in [-0.39, 0.29) is 6.03 Å². The van der Waals surface area contributed by atoms with Crippen LogP contribution in [0.15, 0.2) is 78.9 Å². The summed E-state index contributed by atoms with van der Waals surface area (Å²) in [7, 11) is 0. The second-order valence-electron chi connectivity index (χ2n) is 7.41. The summed E-state index contributed by atoms with van der Waals surface area (Å²) in [6, 6.07) is 26.6. The van der Waals surface area contributed by atoms with E-state index in [1.807, 2.05) is 83.8 Å². The Balaban J connectivity index is 1.32. The predicted octanol–water partition coefficient (Wildman–Crippen LogP) is 4.70. The van der Waals surface area contributed by atoms with Crippen molar-refractivity contribution in [2.24, 2.45) is 0 Å². The molecule has 3 aromatic carbocycles. The largest absolute Gasteiger partial charge is 0.455 e. The third kappa shape index (κ3) is 5.41. The van der Waals surface area contributed by atoms with Crippen LogP contribution < -0.4 is 10.1 Å². The van der Waals surface area contributed by atoms with Crippen molar-refractivity contribution in [1.29, 1.82) is 5.26 Å². The second kappa shape index (κ2) is 9.79. The fourth-order valence-corrected chi connectivity index (χ4v) is 3.52. The number of carbonyl (C=O) groups is 1. The van der Waals surface area contributed by atoms with Crippen molar-refractivity contribution in [2.45, 2.75) is 6.54 Å². The SMILES string of the molecule is N#Cc1ccc(CN2CCN(C(=O)Nc3ccccc3Oc3ccccc3)CC2)cc1. The van der Waals surface area contributed by atoms with E-state index in [2.05, 4.69) is 16.3 Å². The number of rotatable bonds is 5. The van der Waals surface area contributed by atoms with E-state index in [1.165, 1.54) is 5.56 Å². The summed E-state index contributed by atoms with van der Waals surface area (Å²) in [5.74, 6) is 1.34. The summed E-state index contributed by atoms with van der Waals surface area (Å²) in [4.78, 5) is 17.0. The minimum absolute atomic E-state index is 0.123. The summed E-state index contributed by atoms with van der Waals surface area (Å²) >= 11 is 0. The van der Waals surface area contributed by atoms with Gasteiger partial charge in [0.1, 0.15) is 5.75 Å². The molecule has 31 heavy (non-hydrogen) atoms.